The maximum absolute atomic E-state index is 13.5. The summed E-state index contributed by atoms with van der Waals surface area (Å²) in [6, 6.07) is 9.80. The van der Waals surface area contributed by atoms with Gasteiger partial charge < -0.3 is 10.2 Å². The lowest BCUT2D eigenvalue weighted by molar-refractivity contribution is 0.0695. The van der Waals surface area contributed by atoms with E-state index in [1.54, 1.807) is 6.07 Å². The minimum Gasteiger partial charge on any atom is -0.478 e. The Kier molecular flexibility index (Phi) is 2.83. The van der Waals surface area contributed by atoms with E-state index in [1.165, 1.54) is 36.4 Å². The van der Waals surface area contributed by atoms with Crippen molar-refractivity contribution >= 4 is 33.5 Å². The summed E-state index contributed by atoms with van der Waals surface area (Å²) in [4.78, 5) is 22.8. The second-order valence-corrected chi connectivity index (χ2v) is 4.63. The zero-order chi connectivity index (χ0) is 15.1. The molecule has 104 valence electrons. The molecule has 0 aromatic heterocycles. The Labute approximate surface area is 118 Å². The van der Waals surface area contributed by atoms with Crippen LogP contribution in [0.1, 0.15) is 20.7 Å². The third-order valence-electron chi connectivity index (χ3n) is 3.40. The second kappa shape index (κ2) is 4.56. The molecule has 0 saturated carbocycles. The monoisotopic (exact) mass is 284 g/mol. The van der Waals surface area contributed by atoms with Gasteiger partial charge in [-0.1, -0.05) is 18.2 Å². The molecule has 3 aromatic carbocycles. The van der Waals surface area contributed by atoms with Crippen LogP contribution >= 0.6 is 0 Å². The second-order valence-electron chi connectivity index (χ2n) is 4.63. The van der Waals surface area contributed by atoms with Gasteiger partial charge >= 0.3 is 11.9 Å². The lowest BCUT2D eigenvalue weighted by Gasteiger charge is -2.10. The van der Waals surface area contributed by atoms with Crippen molar-refractivity contribution < 1.29 is 24.2 Å². The normalized spacial score (nSPS) is 10.9. The standard InChI is InChI=1S/C16H9FO4/c17-9-5-4-8-6-13(16(20)21)14-10(12(8)7-9)2-1-3-11(14)15(18)19/h1-7H,(H,18,19)(H,20,21). The Morgan fingerprint density at radius 2 is 1.57 bits per heavy atom. The summed E-state index contributed by atoms with van der Waals surface area (Å²) >= 11 is 0. The van der Waals surface area contributed by atoms with Gasteiger partial charge in [0.05, 0.1) is 11.1 Å². The van der Waals surface area contributed by atoms with E-state index in [2.05, 4.69) is 0 Å². The van der Waals surface area contributed by atoms with E-state index in [0.717, 1.165) is 0 Å². The van der Waals surface area contributed by atoms with Gasteiger partial charge in [0.1, 0.15) is 5.82 Å². The van der Waals surface area contributed by atoms with Gasteiger partial charge in [-0.05, 0) is 40.4 Å². The van der Waals surface area contributed by atoms with Crippen LogP contribution in [0.3, 0.4) is 0 Å². The van der Waals surface area contributed by atoms with Crippen LogP contribution in [-0.2, 0) is 0 Å². The van der Waals surface area contributed by atoms with Crippen molar-refractivity contribution in [3.63, 3.8) is 0 Å². The van der Waals surface area contributed by atoms with Gasteiger partial charge in [0.15, 0.2) is 0 Å². The van der Waals surface area contributed by atoms with Crippen LogP contribution in [0.2, 0.25) is 0 Å². The van der Waals surface area contributed by atoms with E-state index in [9.17, 15) is 24.2 Å². The number of hydrogen-bond acceptors (Lipinski definition) is 2. The molecule has 0 bridgehead atoms. The highest BCUT2D eigenvalue weighted by Crippen LogP contribution is 2.31. The minimum atomic E-state index is -1.22. The first kappa shape index (κ1) is 13.1. The van der Waals surface area contributed by atoms with Crippen molar-refractivity contribution in [2.75, 3.05) is 0 Å². The zero-order valence-corrected chi connectivity index (χ0v) is 10.6. The Morgan fingerprint density at radius 1 is 0.857 bits per heavy atom. The summed E-state index contributed by atoms with van der Waals surface area (Å²) < 4.78 is 13.5. The van der Waals surface area contributed by atoms with Crippen LogP contribution in [0.4, 0.5) is 4.39 Å². The van der Waals surface area contributed by atoms with Gasteiger partial charge in [0.25, 0.3) is 0 Å². The Morgan fingerprint density at radius 3 is 2.24 bits per heavy atom. The molecule has 0 fully saturated rings. The molecular weight excluding hydrogens is 275 g/mol. The van der Waals surface area contributed by atoms with Crippen molar-refractivity contribution in [1.29, 1.82) is 0 Å². The molecule has 0 aliphatic rings. The van der Waals surface area contributed by atoms with Gasteiger partial charge in [0.2, 0.25) is 0 Å². The summed E-state index contributed by atoms with van der Waals surface area (Å²) in [7, 11) is 0. The molecular formula is C16H9FO4. The summed E-state index contributed by atoms with van der Waals surface area (Å²) in [5.74, 6) is -2.91. The average Bonchev–Trinajstić information content (AvgIpc) is 2.45. The molecule has 0 amide bonds. The fourth-order valence-electron chi connectivity index (χ4n) is 2.53. The number of carbonyl (C=O) groups is 2. The highest BCUT2D eigenvalue weighted by atomic mass is 19.1. The van der Waals surface area contributed by atoms with Crippen molar-refractivity contribution in [2.45, 2.75) is 0 Å². The molecule has 0 radical (unpaired) electrons. The first-order chi connectivity index (χ1) is 9.99. The number of carboxylic acids is 2. The minimum absolute atomic E-state index is 0.107. The maximum atomic E-state index is 13.5. The first-order valence-electron chi connectivity index (χ1n) is 6.10. The van der Waals surface area contributed by atoms with Gasteiger partial charge in [-0.2, -0.15) is 0 Å². The van der Waals surface area contributed by atoms with Gasteiger partial charge in [-0.3, -0.25) is 0 Å². The highest BCUT2D eigenvalue weighted by Gasteiger charge is 2.18. The summed E-state index contributed by atoms with van der Waals surface area (Å²) in [5.41, 5.74) is -0.224. The van der Waals surface area contributed by atoms with E-state index in [-0.39, 0.29) is 16.5 Å². The summed E-state index contributed by atoms with van der Waals surface area (Å²) in [6.45, 7) is 0. The van der Waals surface area contributed by atoms with Crippen LogP contribution in [-0.4, -0.2) is 22.2 Å². The number of fused-ring (bicyclic) bond motifs is 3. The molecule has 0 aliphatic heterocycles. The van der Waals surface area contributed by atoms with E-state index in [0.29, 0.717) is 16.2 Å². The van der Waals surface area contributed by atoms with Crippen molar-refractivity contribution in [3.05, 3.63) is 59.4 Å². The number of aromatic carboxylic acids is 2. The number of carboxylic acid groups (broad SMARTS) is 2. The van der Waals surface area contributed by atoms with Crippen LogP contribution in [0, 0.1) is 5.82 Å². The zero-order valence-electron chi connectivity index (χ0n) is 10.6. The lowest BCUT2D eigenvalue weighted by Crippen LogP contribution is -2.04. The van der Waals surface area contributed by atoms with Crippen LogP contribution in [0.25, 0.3) is 21.5 Å². The predicted molar refractivity (Wildman–Crippen MR) is 75.3 cm³/mol. The number of halogens is 1. The lowest BCUT2D eigenvalue weighted by atomic mass is 9.94. The third kappa shape index (κ3) is 1.99. The molecule has 0 spiro atoms. The number of benzene rings is 3. The number of hydrogen-bond donors (Lipinski definition) is 2. The topological polar surface area (TPSA) is 74.6 Å². The summed E-state index contributed by atoms with van der Waals surface area (Å²) in [5, 5.41) is 20.1. The molecule has 0 unspecified atom stereocenters. The first-order valence-corrected chi connectivity index (χ1v) is 6.10. The Bertz CT molecular complexity index is 915. The predicted octanol–water partition coefficient (Wildman–Crippen LogP) is 3.53. The van der Waals surface area contributed by atoms with Crippen LogP contribution < -0.4 is 0 Å². The summed E-state index contributed by atoms with van der Waals surface area (Å²) in [6.07, 6.45) is 0. The van der Waals surface area contributed by atoms with Gasteiger partial charge in [-0.15, -0.1) is 0 Å². The molecule has 0 atom stereocenters. The maximum Gasteiger partial charge on any atom is 0.336 e. The van der Waals surface area contributed by atoms with E-state index in [4.69, 9.17) is 0 Å². The molecule has 4 nitrogen and oxygen atoms in total. The smallest absolute Gasteiger partial charge is 0.336 e. The van der Waals surface area contributed by atoms with Crippen molar-refractivity contribution in [1.82, 2.24) is 0 Å². The third-order valence-corrected chi connectivity index (χ3v) is 3.40. The van der Waals surface area contributed by atoms with E-state index < -0.39 is 17.8 Å². The molecule has 21 heavy (non-hydrogen) atoms. The molecule has 0 aliphatic carbocycles. The molecule has 3 rings (SSSR count). The molecule has 3 aromatic rings. The van der Waals surface area contributed by atoms with E-state index >= 15 is 0 Å². The average molecular weight is 284 g/mol. The highest BCUT2D eigenvalue weighted by molar-refractivity contribution is 6.20. The fraction of sp³-hybridized carbons (Fsp3) is 0. The van der Waals surface area contributed by atoms with Gasteiger partial charge in [0, 0.05) is 5.39 Å². The molecule has 5 heteroatoms. The fourth-order valence-corrected chi connectivity index (χ4v) is 2.53. The Balaban J connectivity index is 2.62. The Hall–Kier alpha value is -2.95. The van der Waals surface area contributed by atoms with Crippen molar-refractivity contribution in [2.24, 2.45) is 0 Å². The largest absolute Gasteiger partial charge is 0.478 e. The van der Waals surface area contributed by atoms with Crippen molar-refractivity contribution in [3.8, 4) is 0 Å². The van der Waals surface area contributed by atoms with Crippen LogP contribution in [0.15, 0.2) is 42.5 Å². The molecule has 0 heterocycles. The SMILES string of the molecule is O=C(O)c1cccc2c1c(C(=O)O)cc1ccc(F)cc12. The molecule has 2 N–H and O–H groups in total. The van der Waals surface area contributed by atoms with Gasteiger partial charge in [-0.25, -0.2) is 14.0 Å². The van der Waals surface area contributed by atoms with Crippen LogP contribution in [0.5, 0.6) is 0 Å². The van der Waals surface area contributed by atoms with E-state index in [1.807, 2.05) is 0 Å². The number of rotatable bonds is 2. The molecule has 0 saturated heterocycles. The quantitative estimate of drug-likeness (QED) is 0.706.